The standard InChI is InChI=1S/C12H13N3O3S/c1-15(4-2-10(16)17)12(18)9-6-13-14-11(9)8-3-5-19-7-8/h3,5-7H,2,4H2,1H3,(H,13,14)(H,16,17). The van der Waals surface area contributed by atoms with Gasteiger partial charge >= 0.3 is 5.97 Å². The minimum Gasteiger partial charge on any atom is -0.481 e. The quantitative estimate of drug-likeness (QED) is 0.872. The van der Waals surface area contributed by atoms with Gasteiger partial charge in [0.2, 0.25) is 0 Å². The van der Waals surface area contributed by atoms with Gasteiger partial charge in [0.15, 0.2) is 0 Å². The van der Waals surface area contributed by atoms with Gasteiger partial charge in [-0.05, 0) is 11.4 Å². The van der Waals surface area contributed by atoms with E-state index >= 15 is 0 Å². The molecule has 0 spiro atoms. The number of aliphatic carboxylic acids is 1. The Morgan fingerprint density at radius 1 is 1.53 bits per heavy atom. The zero-order valence-corrected chi connectivity index (χ0v) is 11.1. The molecule has 2 aromatic heterocycles. The van der Waals surface area contributed by atoms with Crippen LogP contribution in [0.1, 0.15) is 16.8 Å². The van der Waals surface area contributed by atoms with E-state index in [1.165, 1.54) is 22.4 Å². The summed E-state index contributed by atoms with van der Waals surface area (Å²) in [5.74, 6) is -1.17. The molecule has 0 atom stereocenters. The summed E-state index contributed by atoms with van der Waals surface area (Å²) in [4.78, 5) is 24.1. The van der Waals surface area contributed by atoms with Crippen LogP contribution in [-0.2, 0) is 4.79 Å². The van der Waals surface area contributed by atoms with Crippen molar-refractivity contribution in [1.82, 2.24) is 15.1 Å². The maximum absolute atomic E-state index is 12.2. The average Bonchev–Trinajstić information content (AvgIpc) is 3.03. The van der Waals surface area contributed by atoms with Crippen LogP contribution in [0.15, 0.2) is 23.0 Å². The molecule has 6 nitrogen and oxygen atoms in total. The molecule has 7 heteroatoms. The topological polar surface area (TPSA) is 86.3 Å². The van der Waals surface area contributed by atoms with Crippen LogP contribution >= 0.6 is 11.3 Å². The number of aromatic amines is 1. The Bertz CT molecular complexity index is 577. The lowest BCUT2D eigenvalue weighted by Gasteiger charge is -2.15. The van der Waals surface area contributed by atoms with Gasteiger partial charge in [0.25, 0.3) is 5.91 Å². The molecule has 0 aromatic carbocycles. The summed E-state index contributed by atoms with van der Waals surface area (Å²) in [5, 5.41) is 19.2. The summed E-state index contributed by atoms with van der Waals surface area (Å²) in [7, 11) is 1.58. The second-order valence-electron chi connectivity index (χ2n) is 4.04. The Hall–Kier alpha value is -2.15. The number of nitrogens with one attached hydrogen (secondary N) is 1. The van der Waals surface area contributed by atoms with Gasteiger partial charge in [-0.1, -0.05) is 0 Å². The first kappa shape index (κ1) is 13.3. The number of hydrogen-bond donors (Lipinski definition) is 2. The van der Waals surface area contributed by atoms with E-state index in [9.17, 15) is 9.59 Å². The van der Waals surface area contributed by atoms with Crippen LogP contribution in [-0.4, -0.2) is 45.7 Å². The van der Waals surface area contributed by atoms with E-state index in [2.05, 4.69) is 10.2 Å². The molecular weight excluding hydrogens is 266 g/mol. The van der Waals surface area contributed by atoms with E-state index in [4.69, 9.17) is 5.11 Å². The zero-order chi connectivity index (χ0) is 13.8. The fourth-order valence-electron chi connectivity index (χ4n) is 1.65. The van der Waals surface area contributed by atoms with Gasteiger partial charge in [-0.15, -0.1) is 0 Å². The highest BCUT2D eigenvalue weighted by Gasteiger charge is 2.19. The Kier molecular flexibility index (Phi) is 3.96. The molecule has 19 heavy (non-hydrogen) atoms. The van der Waals surface area contributed by atoms with E-state index in [-0.39, 0.29) is 18.9 Å². The molecule has 1 amide bonds. The summed E-state index contributed by atoms with van der Waals surface area (Å²) < 4.78 is 0. The third kappa shape index (κ3) is 3.00. The number of carboxylic acids is 1. The van der Waals surface area contributed by atoms with Crippen molar-refractivity contribution in [3.05, 3.63) is 28.6 Å². The molecule has 2 N–H and O–H groups in total. The van der Waals surface area contributed by atoms with Gasteiger partial charge in [-0.3, -0.25) is 14.7 Å². The van der Waals surface area contributed by atoms with E-state index < -0.39 is 5.97 Å². The second kappa shape index (κ2) is 5.66. The number of nitrogens with zero attached hydrogens (tertiary/aromatic N) is 2. The summed E-state index contributed by atoms with van der Waals surface area (Å²) >= 11 is 1.53. The minimum absolute atomic E-state index is 0.0755. The molecule has 0 fully saturated rings. The van der Waals surface area contributed by atoms with Gasteiger partial charge in [0, 0.05) is 24.5 Å². The van der Waals surface area contributed by atoms with Crippen LogP contribution in [0.2, 0.25) is 0 Å². The molecular formula is C12H13N3O3S. The SMILES string of the molecule is CN(CCC(=O)O)C(=O)c1cn[nH]c1-c1ccsc1. The molecule has 2 heterocycles. The van der Waals surface area contributed by atoms with Gasteiger partial charge in [0.1, 0.15) is 0 Å². The molecule has 100 valence electrons. The van der Waals surface area contributed by atoms with Gasteiger partial charge in [0.05, 0.1) is 23.9 Å². The third-order valence-electron chi connectivity index (χ3n) is 2.69. The van der Waals surface area contributed by atoms with Crippen molar-refractivity contribution in [2.75, 3.05) is 13.6 Å². The average molecular weight is 279 g/mol. The summed E-state index contributed by atoms with van der Waals surface area (Å²) in [5.41, 5.74) is 2.01. The lowest BCUT2D eigenvalue weighted by Crippen LogP contribution is -2.29. The molecule has 0 saturated carbocycles. The highest BCUT2D eigenvalue weighted by atomic mass is 32.1. The number of aromatic nitrogens is 2. The fraction of sp³-hybridized carbons (Fsp3) is 0.250. The van der Waals surface area contributed by atoms with Crippen LogP contribution in [0, 0.1) is 0 Å². The molecule has 0 radical (unpaired) electrons. The fourth-order valence-corrected chi connectivity index (χ4v) is 2.29. The van der Waals surface area contributed by atoms with Crippen molar-refractivity contribution < 1.29 is 14.7 Å². The molecule has 0 aliphatic heterocycles. The van der Waals surface area contributed by atoms with E-state index in [1.54, 1.807) is 7.05 Å². The molecule has 2 rings (SSSR count). The van der Waals surface area contributed by atoms with E-state index in [0.717, 1.165) is 5.56 Å². The van der Waals surface area contributed by atoms with Crippen molar-refractivity contribution in [3.63, 3.8) is 0 Å². The molecule has 0 aliphatic carbocycles. The second-order valence-corrected chi connectivity index (χ2v) is 4.82. The predicted molar refractivity (Wildman–Crippen MR) is 71.1 cm³/mol. The van der Waals surface area contributed by atoms with Crippen LogP contribution in [0.5, 0.6) is 0 Å². The molecule has 0 unspecified atom stereocenters. The number of hydrogen-bond acceptors (Lipinski definition) is 4. The lowest BCUT2D eigenvalue weighted by molar-refractivity contribution is -0.137. The highest BCUT2D eigenvalue weighted by Crippen LogP contribution is 2.24. The summed E-state index contributed by atoms with van der Waals surface area (Å²) in [6.07, 6.45) is 1.39. The number of amides is 1. The molecule has 0 aliphatic rings. The Balaban J connectivity index is 2.16. The maximum atomic E-state index is 12.2. The number of carbonyl (C=O) groups excluding carboxylic acids is 1. The third-order valence-corrected chi connectivity index (χ3v) is 3.37. The number of carbonyl (C=O) groups is 2. The van der Waals surface area contributed by atoms with Crippen molar-refractivity contribution in [1.29, 1.82) is 0 Å². The monoisotopic (exact) mass is 279 g/mol. The highest BCUT2D eigenvalue weighted by molar-refractivity contribution is 7.08. The minimum atomic E-state index is -0.926. The summed E-state index contributed by atoms with van der Waals surface area (Å²) in [6, 6.07) is 1.90. The first-order chi connectivity index (χ1) is 9.09. The van der Waals surface area contributed by atoms with Crippen LogP contribution < -0.4 is 0 Å². The molecule has 0 saturated heterocycles. The maximum Gasteiger partial charge on any atom is 0.305 e. The number of thiophene rings is 1. The van der Waals surface area contributed by atoms with Crippen molar-refractivity contribution >= 4 is 23.2 Å². The smallest absolute Gasteiger partial charge is 0.305 e. The van der Waals surface area contributed by atoms with Gasteiger partial charge in [-0.2, -0.15) is 16.4 Å². The number of carboxylic acid groups (broad SMARTS) is 1. The Morgan fingerprint density at radius 2 is 2.32 bits per heavy atom. The van der Waals surface area contributed by atoms with E-state index in [0.29, 0.717) is 11.3 Å². The summed E-state index contributed by atoms with van der Waals surface area (Å²) in [6.45, 7) is 0.169. The Labute approximate surface area is 113 Å². The normalized spacial score (nSPS) is 10.4. The largest absolute Gasteiger partial charge is 0.481 e. The van der Waals surface area contributed by atoms with Crippen molar-refractivity contribution in [3.8, 4) is 11.3 Å². The Morgan fingerprint density at radius 3 is 2.95 bits per heavy atom. The lowest BCUT2D eigenvalue weighted by atomic mass is 10.1. The number of H-pyrrole nitrogens is 1. The molecule has 0 bridgehead atoms. The first-order valence-electron chi connectivity index (χ1n) is 5.63. The van der Waals surface area contributed by atoms with Gasteiger partial charge in [-0.25, -0.2) is 0 Å². The first-order valence-corrected chi connectivity index (χ1v) is 6.57. The number of rotatable bonds is 5. The van der Waals surface area contributed by atoms with Crippen LogP contribution in [0.3, 0.4) is 0 Å². The van der Waals surface area contributed by atoms with Crippen molar-refractivity contribution in [2.45, 2.75) is 6.42 Å². The van der Waals surface area contributed by atoms with E-state index in [1.807, 2.05) is 16.8 Å². The molecule has 2 aromatic rings. The zero-order valence-electron chi connectivity index (χ0n) is 10.3. The van der Waals surface area contributed by atoms with Gasteiger partial charge < -0.3 is 10.0 Å². The predicted octanol–water partition coefficient (Wildman–Crippen LogP) is 1.68. The van der Waals surface area contributed by atoms with Crippen LogP contribution in [0.4, 0.5) is 0 Å². The van der Waals surface area contributed by atoms with Crippen LogP contribution in [0.25, 0.3) is 11.3 Å². The van der Waals surface area contributed by atoms with Crippen molar-refractivity contribution in [2.24, 2.45) is 0 Å².